The van der Waals surface area contributed by atoms with E-state index in [0.29, 0.717) is 25.4 Å². The molecule has 6 heteroatoms. The van der Waals surface area contributed by atoms with Crippen molar-refractivity contribution >= 4 is 29.3 Å². The van der Waals surface area contributed by atoms with Crippen LogP contribution < -0.4 is 10.6 Å². The van der Waals surface area contributed by atoms with Crippen LogP contribution in [0, 0.1) is 13.8 Å². The fourth-order valence-corrected chi connectivity index (χ4v) is 4.48. The van der Waals surface area contributed by atoms with E-state index in [2.05, 4.69) is 22.8 Å². The average Bonchev–Trinajstić information content (AvgIpc) is 2.70. The smallest absolute Gasteiger partial charge is 0.313 e. The van der Waals surface area contributed by atoms with Crippen LogP contribution in [0.15, 0.2) is 53.4 Å². The molecule has 2 aromatic rings. The second-order valence-corrected chi connectivity index (χ2v) is 8.71. The van der Waals surface area contributed by atoms with E-state index in [1.54, 1.807) is 11.8 Å². The van der Waals surface area contributed by atoms with Gasteiger partial charge in [0, 0.05) is 35.1 Å². The van der Waals surface area contributed by atoms with Crippen LogP contribution in [-0.4, -0.2) is 36.3 Å². The highest BCUT2D eigenvalue weighted by molar-refractivity contribution is 8.00. The van der Waals surface area contributed by atoms with Crippen molar-refractivity contribution in [2.45, 2.75) is 36.3 Å². The number of ether oxygens (including phenoxy) is 1. The normalized spacial score (nSPS) is 15.6. The molecular weight excluding hydrogens is 372 g/mol. The van der Waals surface area contributed by atoms with Gasteiger partial charge in [0.15, 0.2) is 0 Å². The molecule has 0 bridgehead atoms. The maximum atomic E-state index is 12.4. The van der Waals surface area contributed by atoms with Gasteiger partial charge in [-0.15, -0.1) is 11.8 Å². The Morgan fingerprint density at radius 2 is 1.75 bits per heavy atom. The summed E-state index contributed by atoms with van der Waals surface area (Å²) in [6, 6.07) is 15.9. The van der Waals surface area contributed by atoms with Gasteiger partial charge in [0.25, 0.3) is 0 Å². The molecule has 0 saturated carbocycles. The number of amides is 2. The van der Waals surface area contributed by atoms with Gasteiger partial charge in [0.2, 0.25) is 0 Å². The van der Waals surface area contributed by atoms with Crippen molar-refractivity contribution in [1.29, 1.82) is 0 Å². The quantitative estimate of drug-likeness (QED) is 0.754. The molecule has 0 aromatic heterocycles. The third-order valence-corrected chi connectivity index (χ3v) is 6.39. The van der Waals surface area contributed by atoms with E-state index in [1.807, 2.05) is 50.2 Å². The number of benzene rings is 2. The standard InChI is InChI=1S/C22H26N2O3S/c1-16-8-9-17(2)19(14-16)24-21(26)20(25)23-15-22(10-12-27-13-11-22)28-18-6-4-3-5-7-18/h3-9,14H,10-13,15H2,1-2H3,(H,23,25)(H,24,26). The zero-order valence-corrected chi connectivity index (χ0v) is 17.1. The zero-order valence-electron chi connectivity index (χ0n) is 16.3. The minimum Gasteiger partial charge on any atom is -0.381 e. The van der Waals surface area contributed by atoms with Crippen molar-refractivity contribution in [1.82, 2.24) is 5.32 Å². The van der Waals surface area contributed by atoms with Crippen LogP contribution in [0.1, 0.15) is 24.0 Å². The molecule has 1 saturated heterocycles. The van der Waals surface area contributed by atoms with E-state index in [4.69, 9.17) is 4.74 Å². The monoisotopic (exact) mass is 398 g/mol. The first-order valence-electron chi connectivity index (χ1n) is 9.46. The molecule has 1 aliphatic rings. The third-order valence-electron chi connectivity index (χ3n) is 4.90. The van der Waals surface area contributed by atoms with Gasteiger partial charge in [-0.25, -0.2) is 0 Å². The first-order chi connectivity index (χ1) is 13.5. The van der Waals surface area contributed by atoms with Crippen molar-refractivity contribution in [2.24, 2.45) is 0 Å². The van der Waals surface area contributed by atoms with Gasteiger partial charge >= 0.3 is 11.8 Å². The molecule has 1 aliphatic heterocycles. The van der Waals surface area contributed by atoms with Gasteiger partial charge in [-0.2, -0.15) is 0 Å². The van der Waals surface area contributed by atoms with Crippen molar-refractivity contribution < 1.29 is 14.3 Å². The number of hydrogen-bond donors (Lipinski definition) is 2. The molecule has 1 heterocycles. The van der Waals surface area contributed by atoms with Crippen LogP contribution in [0.3, 0.4) is 0 Å². The Hall–Kier alpha value is -2.31. The van der Waals surface area contributed by atoms with E-state index in [9.17, 15) is 9.59 Å². The van der Waals surface area contributed by atoms with Crippen LogP contribution in [0.5, 0.6) is 0 Å². The number of rotatable bonds is 5. The van der Waals surface area contributed by atoms with E-state index in [1.165, 1.54) is 0 Å². The lowest BCUT2D eigenvalue weighted by Gasteiger charge is -2.36. The molecule has 1 fully saturated rings. The summed E-state index contributed by atoms with van der Waals surface area (Å²) < 4.78 is 5.34. The highest BCUT2D eigenvalue weighted by Gasteiger charge is 2.34. The summed E-state index contributed by atoms with van der Waals surface area (Å²) in [6.45, 7) is 5.59. The number of aryl methyl sites for hydroxylation is 2. The predicted octanol–water partition coefficient (Wildman–Crippen LogP) is 3.70. The molecular formula is C22H26N2O3S. The van der Waals surface area contributed by atoms with Crippen molar-refractivity contribution in [2.75, 3.05) is 25.1 Å². The van der Waals surface area contributed by atoms with E-state index in [0.717, 1.165) is 28.9 Å². The molecule has 0 atom stereocenters. The van der Waals surface area contributed by atoms with Gasteiger partial charge in [-0.3, -0.25) is 9.59 Å². The van der Waals surface area contributed by atoms with Gasteiger partial charge in [0.05, 0.1) is 0 Å². The van der Waals surface area contributed by atoms with Gasteiger partial charge in [0.1, 0.15) is 0 Å². The Morgan fingerprint density at radius 3 is 2.46 bits per heavy atom. The number of carbonyl (C=O) groups excluding carboxylic acids is 2. The van der Waals surface area contributed by atoms with Gasteiger partial charge < -0.3 is 15.4 Å². The van der Waals surface area contributed by atoms with Crippen LogP contribution in [-0.2, 0) is 14.3 Å². The van der Waals surface area contributed by atoms with Gasteiger partial charge in [-0.1, -0.05) is 30.3 Å². The summed E-state index contributed by atoms with van der Waals surface area (Å²) in [4.78, 5) is 25.9. The number of hydrogen-bond acceptors (Lipinski definition) is 4. The van der Waals surface area contributed by atoms with Crippen LogP contribution in [0.25, 0.3) is 0 Å². The molecule has 0 aliphatic carbocycles. The summed E-state index contributed by atoms with van der Waals surface area (Å²) in [5.74, 6) is -1.25. The van der Waals surface area contributed by atoms with E-state index < -0.39 is 11.8 Å². The number of carbonyl (C=O) groups is 2. The molecule has 0 spiro atoms. The first kappa shape index (κ1) is 20.4. The molecule has 3 rings (SSSR count). The SMILES string of the molecule is Cc1ccc(C)c(NC(=O)C(=O)NCC2(Sc3ccccc3)CCOCC2)c1. The minimum atomic E-state index is -0.638. The van der Waals surface area contributed by atoms with Crippen LogP contribution >= 0.6 is 11.8 Å². The first-order valence-corrected chi connectivity index (χ1v) is 10.3. The third kappa shape index (κ3) is 5.36. The van der Waals surface area contributed by atoms with Crippen molar-refractivity contribution in [3.63, 3.8) is 0 Å². The Kier molecular flexibility index (Phi) is 6.75. The Labute approximate surface area is 170 Å². The fraction of sp³-hybridized carbons (Fsp3) is 0.364. The maximum absolute atomic E-state index is 12.4. The van der Waals surface area contributed by atoms with Crippen molar-refractivity contribution in [3.05, 3.63) is 59.7 Å². The Balaban J connectivity index is 1.63. The largest absolute Gasteiger partial charge is 0.381 e. The molecule has 2 amide bonds. The lowest BCUT2D eigenvalue weighted by Crippen LogP contribution is -2.47. The molecule has 28 heavy (non-hydrogen) atoms. The van der Waals surface area contributed by atoms with Gasteiger partial charge in [-0.05, 0) is 56.0 Å². The van der Waals surface area contributed by atoms with Crippen LogP contribution in [0.4, 0.5) is 5.69 Å². The predicted molar refractivity (Wildman–Crippen MR) is 113 cm³/mol. The van der Waals surface area contributed by atoms with E-state index >= 15 is 0 Å². The second kappa shape index (κ2) is 9.26. The number of anilines is 1. The summed E-state index contributed by atoms with van der Waals surface area (Å²) in [5.41, 5.74) is 2.62. The summed E-state index contributed by atoms with van der Waals surface area (Å²) in [5, 5.41) is 5.56. The highest BCUT2D eigenvalue weighted by Crippen LogP contribution is 2.40. The Morgan fingerprint density at radius 1 is 1.04 bits per heavy atom. The minimum absolute atomic E-state index is 0.172. The Bertz CT molecular complexity index is 833. The molecule has 2 aromatic carbocycles. The molecule has 148 valence electrons. The van der Waals surface area contributed by atoms with Crippen LogP contribution in [0.2, 0.25) is 0 Å². The van der Waals surface area contributed by atoms with Crippen molar-refractivity contribution in [3.8, 4) is 0 Å². The zero-order chi connectivity index (χ0) is 20.0. The highest BCUT2D eigenvalue weighted by atomic mass is 32.2. The molecule has 2 N–H and O–H groups in total. The second-order valence-electron chi connectivity index (χ2n) is 7.17. The summed E-state index contributed by atoms with van der Waals surface area (Å²) in [7, 11) is 0. The molecule has 5 nitrogen and oxygen atoms in total. The topological polar surface area (TPSA) is 67.4 Å². The van der Waals surface area contributed by atoms with E-state index in [-0.39, 0.29) is 4.75 Å². The summed E-state index contributed by atoms with van der Waals surface area (Å²) in [6.07, 6.45) is 1.65. The molecule has 0 unspecified atom stereocenters. The number of nitrogens with one attached hydrogen (secondary N) is 2. The average molecular weight is 399 g/mol. The lowest BCUT2D eigenvalue weighted by atomic mass is 9.99. The lowest BCUT2D eigenvalue weighted by molar-refractivity contribution is -0.136. The fourth-order valence-electron chi connectivity index (χ4n) is 3.17. The summed E-state index contributed by atoms with van der Waals surface area (Å²) >= 11 is 1.75. The maximum Gasteiger partial charge on any atom is 0.313 e. The number of thioether (sulfide) groups is 1. The molecule has 0 radical (unpaired) electrons.